The molecule has 6 atom stereocenters. The van der Waals surface area contributed by atoms with Crippen molar-refractivity contribution in [1.82, 2.24) is 4.90 Å². The lowest BCUT2D eigenvalue weighted by Gasteiger charge is -2.37. The predicted molar refractivity (Wildman–Crippen MR) is 86.5 cm³/mol. The van der Waals surface area contributed by atoms with Gasteiger partial charge in [0.1, 0.15) is 0 Å². The number of carbonyl (C=O) groups is 2. The molecular weight excluding hydrogens is 312 g/mol. The first kappa shape index (κ1) is 13.6. The van der Waals surface area contributed by atoms with Crippen LogP contribution in [0.3, 0.4) is 0 Å². The minimum absolute atomic E-state index is 0.000715. The number of hydrogen-bond acceptors (Lipinski definition) is 3. The average molecular weight is 329 g/mol. The van der Waals surface area contributed by atoms with Crippen molar-refractivity contribution < 1.29 is 9.59 Å². The summed E-state index contributed by atoms with van der Waals surface area (Å²) in [5.41, 5.74) is 0.817. The summed E-state index contributed by atoms with van der Waals surface area (Å²) in [5, 5.41) is 3.78. The molecule has 1 aromatic carbocycles. The fourth-order valence-corrected chi connectivity index (χ4v) is 5.13. The molecule has 1 aromatic rings. The first-order chi connectivity index (χ1) is 11.1. The van der Waals surface area contributed by atoms with Crippen LogP contribution < -0.4 is 5.32 Å². The lowest BCUT2D eigenvalue weighted by atomic mass is 9.63. The van der Waals surface area contributed by atoms with Gasteiger partial charge in [0.15, 0.2) is 0 Å². The first-order valence-corrected chi connectivity index (χ1v) is 8.56. The van der Waals surface area contributed by atoms with Crippen LogP contribution >= 0.6 is 11.6 Å². The number of anilines is 1. The summed E-state index contributed by atoms with van der Waals surface area (Å²) in [6, 6.07) is 7.31. The van der Waals surface area contributed by atoms with Gasteiger partial charge in [-0.3, -0.25) is 14.5 Å². The molecule has 118 valence electrons. The van der Waals surface area contributed by atoms with Crippen LogP contribution in [0.25, 0.3) is 0 Å². The van der Waals surface area contributed by atoms with Gasteiger partial charge in [-0.1, -0.05) is 29.8 Å². The third kappa shape index (κ3) is 1.84. The molecule has 3 fully saturated rings. The Balaban J connectivity index is 1.37. The van der Waals surface area contributed by atoms with Crippen molar-refractivity contribution in [3.8, 4) is 0 Å². The number of rotatable bonds is 3. The fourth-order valence-electron chi connectivity index (χ4n) is 4.94. The Morgan fingerprint density at radius 1 is 1.09 bits per heavy atom. The Bertz CT molecular complexity index is 710. The molecule has 4 aliphatic carbocycles. The lowest BCUT2D eigenvalue weighted by molar-refractivity contribution is -0.139. The highest BCUT2D eigenvalue weighted by molar-refractivity contribution is 6.30. The Labute approximate surface area is 139 Å². The molecule has 1 saturated heterocycles. The highest BCUT2D eigenvalue weighted by Gasteiger charge is 2.66. The topological polar surface area (TPSA) is 49.4 Å². The first-order valence-electron chi connectivity index (χ1n) is 8.18. The lowest BCUT2D eigenvalue weighted by Crippen LogP contribution is -2.40. The zero-order valence-electron chi connectivity index (χ0n) is 12.5. The average Bonchev–Trinajstić information content (AvgIpc) is 3.32. The Morgan fingerprint density at radius 2 is 1.74 bits per heavy atom. The zero-order valence-corrected chi connectivity index (χ0v) is 13.2. The molecule has 5 heteroatoms. The van der Waals surface area contributed by atoms with Gasteiger partial charge in [0.2, 0.25) is 11.8 Å². The number of allylic oxidation sites excluding steroid dienone is 2. The smallest absolute Gasteiger partial charge is 0.235 e. The summed E-state index contributed by atoms with van der Waals surface area (Å²) in [6.45, 7) is 0.222. The van der Waals surface area contributed by atoms with Crippen LogP contribution in [0.15, 0.2) is 36.4 Å². The molecule has 2 amide bonds. The number of nitrogens with one attached hydrogen (secondary N) is 1. The van der Waals surface area contributed by atoms with Gasteiger partial charge in [-0.2, -0.15) is 0 Å². The van der Waals surface area contributed by atoms with Crippen LogP contribution in [-0.2, 0) is 9.59 Å². The third-order valence-electron chi connectivity index (χ3n) is 6.02. The summed E-state index contributed by atoms with van der Waals surface area (Å²) in [4.78, 5) is 27.0. The molecule has 1 aliphatic heterocycles. The predicted octanol–water partition coefficient (Wildman–Crippen LogP) is 2.76. The van der Waals surface area contributed by atoms with Crippen molar-refractivity contribution >= 4 is 29.1 Å². The number of benzene rings is 1. The van der Waals surface area contributed by atoms with Gasteiger partial charge in [-0.15, -0.1) is 0 Å². The molecule has 6 rings (SSSR count). The normalized spacial score (nSPS) is 39.4. The number of carbonyl (C=O) groups excluding carboxylic acids is 2. The van der Waals surface area contributed by atoms with Crippen molar-refractivity contribution in [3.05, 3.63) is 41.4 Å². The molecule has 1 heterocycles. The van der Waals surface area contributed by atoms with Crippen molar-refractivity contribution in [2.75, 3.05) is 12.0 Å². The van der Waals surface area contributed by atoms with Crippen LogP contribution in [0.2, 0.25) is 5.02 Å². The molecule has 2 bridgehead atoms. The Hall–Kier alpha value is -1.81. The fraction of sp³-hybridized carbons (Fsp3) is 0.444. The molecule has 0 spiro atoms. The second kappa shape index (κ2) is 4.60. The van der Waals surface area contributed by atoms with Gasteiger partial charge in [-0.25, -0.2) is 0 Å². The van der Waals surface area contributed by atoms with Crippen molar-refractivity contribution in [2.24, 2.45) is 35.5 Å². The Kier molecular flexibility index (Phi) is 2.72. The van der Waals surface area contributed by atoms with Gasteiger partial charge >= 0.3 is 0 Å². The third-order valence-corrected chi connectivity index (χ3v) is 6.26. The SMILES string of the molecule is O=C1[C@@H]2[C@H]3C=C[C@@H]([C@@H]4C[C@@H]34)[C@@H]2C(=O)N1CNc1cccc(Cl)c1. The number of nitrogens with zero attached hydrogens (tertiary/aromatic N) is 1. The molecule has 5 aliphatic rings. The van der Waals surface area contributed by atoms with E-state index in [1.54, 1.807) is 12.1 Å². The summed E-state index contributed by atoms with van der Waals surface area (Å²) in [6.07, 6.45) is 5.58. The van der Waals surface area contributed by atoms with Gasteiger partial charge in [0.05, 0.1) is 18.5 Å². The van der Waals surface area contributed by atoms with E-state index in [0.29, 0.717) is 16.9 Å². The second-order valence-electron chi connectivity index (χ2n) is 7.10. The minimum atomic E-state index is -0.123. The van der Waals surface area contributed by atoms with E-state index in [2.05, 4.69) is 17.5 Å². The van der Waals surface area contributed by atoms with E-state index in [4.69, 9.17) is 11.6 Å². The summed E-state index contributed by atoms with van der Waals surface area (Å²) in [5.74, 6) is 1.60. The maximum Gasteiger partial charge on any atom is 0.235 e. The minimum Gasteiger partial charge on any atom is -0.367 e. The second-order valence-corrected chi connectivity index (χ2v) is 7.54. The molecule has 4 nitrogen and oxygen atoms in total. The molecule has 23 heavy (non-hydrogen) atoms. The van der Waals surface area contributed by atoms with Gasteiger partial charge in [-0.05, 0) is 48.3 Å². The maximum atomic E-state index is 12.8. The highest BCUT2D eigenvalue weighted by Crippen LogP contribution is 2.65. The van der Waals surface area contributed by atoms with Gasteiger partial charge < -0.3 is 5.32 Å². The van der Waals surface area contributed by atoms with E-state index in [-0.39, 0.29) is 42.2 Å². The number of likely N-dealkylation sites (tertiary alicyclic amines) is 1. The van der Waals surface area contributed by atoms with Crippen LogP contribution in [0.5, 0.6) is 0 Å². The number of halogens is 1. The molecule has 0 radical (unpaired) electrons. The number of amides is 2. The zero-order chi connectivity index (χ0) is 15.7. The van der Waals surface area contributed by atoms with Crippen LogP contribution in [-0.4, -0.2) is 23.4 Å². The molecule has 0 aromatic heterocycles. The molecule has 0 unspecified atom stereocenters. The van der Waals surface area contributed by atoms with Gasteiger partial charge in [0.25, 0.3) is 0 Å². The number of hydrogen-bond donors (Lipinski definition) is 1. The van der Waals surface area contributed by atoms with Crippen molar-refractivity contribution in [2.45, 2.75) is 6.42 Å². The van der Waals surface area contributed by atoms with Crippen LogP contribution in [0.4, 0.5) is 5.69 Å². The molecule has 2 saturated carbocycles. The molecule has 1 N–H and O–H groups in total. The van der Waals surface area contributed by atoms with Gasteiger partial charge in [0, 0.05) is 10.7 Å². The van der Waals surface area contributed by atoms with Crippen LogP contribution in [0, 0.1) is 35.5 Å². The largest absolute Gasteiger partial charge is 0.367 e. The quantitative estimate of drug-likeness (QED) is 0.685. The molecular formula is C18H17ClN2O2. The van der Waals surface area contributed by atoms with Crippen molar-refractivity contribution in [1.29, 1.82) is 0 Å². The monoisotopic (exact) mass is 328 g/mol. The van der Waals surface area contributed by atoms with E-state index >= 15 is 0 Å². The van der Waals surface area contributed by atoms with Crippen LogP contribution in [0.1, 0.15) is 6.42 Å². The number of imide groups is 1. The van der Waals surface area contributed by atoms with E-state index in [9.17, 15) is 9.59 Å². The van der Waals surface area contributed by atoms with Crippen molar-refractivity contribution in [3.63, 3.8) is 0 Å². The Morgan fingerprint density at radius 3 is 2.35 bits per heavy atom. The summed E-state index contributed by atoms with van der Waals surface area (Å²) < 4.78 is 0. The standard InChI is InChI=1S/C18H17ClN2O2/c19-9-2-1-3-10(6-9)20-8-21-17(22)15-11-4-5-12(14-7-13(11)14)16(15)18(21)23/h1-6,11-16,20H,7-8H2/t11-,12-,13-,14-,15-,16+/m0/s1. The van der Waals surface area contributed by atoms with E-state index in [1.165, 1.54) is 11.3 Å². The summed E-state index contributed by atoms with van der Waals surface area (Å²) >= 11 is 5.97. The maximum absolute atomic E-state index is 12.8. The van der Waals surface area contributed by atoms with E-state index < -0.39 is 0 Å². The van der Waals surface area contributed by atoms with E-state index in [1.807, 2.05) is 12.1 Å². The summed E-state index contributed by atoms with van der Waals surface area (Å²) in [7, 11) is 0. The van der Waals surface area contributed by atoms with E-state index in [0.717, 1.165) is 5.69 Å². The highest BCUT2D eigenvalue weighted by atomic mass is 35.5.